The number of thioether (sulfide) groups is 1. The number of carbonyl (C=O) groups is 2. The highest BCUT2D eigenvalue weighted by atomic mass is 35.5. The summed E-state index contributed by atoms with van der Waals surface area (Å²) in [5.74, 6) is -0.502. The van der Waals surface area contributed by atoms with Gasteiger partial charge in [0.1, 0.15) is 11.2 Å². The fourth-order valence-electron chi connectivity index (χ4n) is 1.76. The van der Waals surface area contributed by atoms with Crippen molar-refractivity contribution in [2.75, 3.05) is 11.6 Å². The minimum absolute atomic E-state index is 0.233. The largest absolute Gasteiger partial charge is 0.480 e. The first kappa shape index (κ1) is 13.2. The molecule has 1 saturated heterocycles. The van der Waals surface area contributed by atoms with Gasteiger partial charge in [-0.15, -0.1) is 11.8 Å². The fraction of sp³-hybridized carbons (Fsp3) is 0.364. The first-order valence-corrected chi connectivity index (χ1v) is 6.78. The number of carboxylic acid groups (broad SMARTS) is 1. The third kappa shape index (κ3) is 2.59. The SMILES string of the molecule is Cc1cc(C(=O)N2CSCC2C(=O)O)cc(Cl)n1. The molecule has 1 aliphatic heterocycles. The van der Waals surface area contributed by atoms with Crippen LogP contribution < -0.4 is 0 Å². The predicted molar refractivity (Wildman–Crippen MR) is 68.9 cm³/mol. The molecule has 1 aliphatic rings. The lowest BCUT2D eigenvalue weighted by Crippen LogP contribution is -2.41. The maximum absolute atomic E-state index is 12.2. The third-order valence-electron chi connectivity index (χ3n) is 2.60. The molecule has 0 aliphatic carbocycles. The van der Waals surface area contributed by atoms with E-state index in [-0.39, 0.29) is 11.1 Å². The van der Waals surface area contributed by atoms with Crippen molar-refractivity contribution in [2.45, 2.75) is 13.0 Å². The summed E-state index contributed by atoms with van der Waals surface area (Å²) in [5, 5.41) is 9.28. The lowest BCUT2D eigenvalue weighted by Gasteiger charge is -2.20. The number of nitrogens with zero attached hydrogens (tertiary/aromatic N) is 2. The number of hydrogen-bond acceptors (Lipinski definition) is 4. The Morgan fingerprint density at radius 2 is 2.28 bits per heavy atom. The Labute approximate surface area is 113 Å². The van der Waals surface area contributed by atoms with Crippen LogP contribution in [0, 0.1) is 6.92 Å². The highest BCUT2D eigenvalue weighted by Crippen LogP contribution is 2.24. The number of carboxylic acids is 1. The Morgan fingerprint density at radius 3 is 2.89 bits per heavy atom. The molecule has 18 heavy (non-hydrogen) atoms. The molecule has 1 amide bonds. The zero-order valence-electron chi connectivity index (χ0n) is 9.59. The van der Waals surface area contributed by atoms with E-state index >= 15 is 0 Å². The quantitative estimate of drug-likeness (QED) is 0.837. The average molecular weight is 287 g/mol. The topological polar surface area (TPSA) is 70.5 Å². The standard InChI is InChI=1S/C11H11ClN2O3S/c1-6-2-7(3-9(12)13-6)10(15)14-5-18-4-8(14)11(16)17/h2-3,8H,4-5H2,1H3,(H,16,17). The minimum Gasteiger partial charge on any atom is -0.480 e. The molecule has 1 unspecified atom stereocenters. The number of aromatic nitrogens is 1. The fourth-order valence-corrected chi connectivity index (χ4v) is 3.16. The predicted octanol–water partition coefficient (Wildman–Crippen LogP) is 1.64. The first-order valence-electron chi connectivity index (χ1n) is 5.25. The Bertz CT molecular complexity index is 489. The summed E-state index contributed by atoms with van der Waals surface area (Å²) in [4.78, 5) is 28.6. The third-order valence-corrected chi connectivity index (χ3v) is 3.80. The van der Waals surface area contributed by atoms with E-state index in [1.165, 1.54) is 22.7 Å². The number of hydrogen-bond donors (Lipinski definition) is 1. The zero-order chi connectivity index (χ0) is 13.3. The van der Waals surface area contributed by atoms with Gasteiger partial charge in [0.2, 0.25) is 0 Å². The molecular weight excluding hydrogens is 276 g/mol. The summed E-state index contributed by atoms with van der Waals surface area (Å²) in [7, 11) is 0. The van der Waals surface area contributed by atoms with Crippen LogP contribution in [0.1, 0.15) is 16.1 Å². The van der Waals surface area contributed by atoms with Gasteiger partial charge in [-0.25, -0.2) is 9.78 Å². The molecule has 1 aromatic rings. The molecule has 1 N–H and O–H groups in total. The van der Waals surface area contributed by atoms with Gasteiger partial charge in [-0.2, -0.15) is 0 Å². The van der Waals surface area contributed by atoms with Gasteiger partial charge in [0.05, 0.1) is 5.88 Å². The Balaban J connectivity index is 2.28. The minimum atomic E-state index is -0.981. The van der Waals surface area contributed by atoms with Crippen LogP contribution in [0.3, 0.4) is 0 Å². The van der Waals surface area contributed by atoms with Crippen LogP contribution in [0.5, 0.6) is 0 Å². The highest BCUT2D eigenvalue weighted by Gasteiger charge is 2.35. The van der Waals surface area contributed by atoms with Gasteiger partial charge < -0.3 is 10.0 Å². The van der Waals surface area contributed by atoms with Crippen molar-refractivity contribution >= 4 is 35.2 Å². The van der Waals surface area contributed by atoms with E-state index in [4.69, 9.17) is 16.7 Å². The van der Waals surface area contributed by atoms with Gasteiger partial charge in [-0.05, 0) is 19.1 Å². The second-order valence-electron chi connectivity index (χ2n) is 3.95. The summed E-state index contributed by atoms with van der Waals surface area (Å²) in [6.07, 6.45) is 0. The molecule has 2 heterocycles. The summed E-state index contributed by atoms with van der Waals surface area (Å²) in [5.41, 5.74) is 1.01. The van der Waals surface area contributed by atoms with Gasteiger partial charge in [0, 0.05) is 17.0 Å². The van der Waals surface area contributed by atoms with Crippen molar-refractivity contribution < 1.29 is 14.7 Å². The second kappa shape index (κ2) is 5.16. The lowest BCUT2D eigenvalue weighted by atomic mass is 10.2. The maximum Gasteiger partial charge on any atom is 0.327 e. The Kier molecular flexibility index (Phi) is 3.77. The molecule has 0 saturated carbocycles. The van der Waals surface area contributed by atoms with Gasteiger partial charge in [0.25, 0.3) is 5.91 Å². The number of amides is 1. The molecule has 0 aromatic carbocycles. The number of pyridine rings is 1. The smallest absolute Gasteiger partial charge is 0.327 e. The van der Waals surface area contributed by atoms with E-state index in [1.807, 2.05) is 0 Å². The molecule has 0 bridgehead atoms. The van der Waals surface area contributed by atoms with E-state index in [0.29, 0.717) is 22.9 Å². The second-order valence-corrected chi connectivity index (χ2v) is 5.34. The van der Waals surface area contributed by atoms with Crippen LogP contribution in [0.15, 0.2) is 12.1 Å². The normalized spacial score (nSPS) is 19.0. The first-order chi connectivity index (χ1) is 8.49. The molecule has 5 nitrogen and oxygen atoms in total. The number of aryl methyl sites for hydroxylation is 1. The van der Waals surface area contributed by atoms with Gasteiger partial charge in [-0.3, -0.25) is 4.79 Å². The summed E-state index contributed by atoms with van der Waals surface area (Å²) in [6, 6.07) is 2.30. The molecule has 7 heteroatoms. The lowest BCUT2D eigenvalue weighted by molar-refractivity contribution is -0.140. The van der Waals surface area contributed by atoms with Gasteiger partial charge in [0.15, 0.2) is 0 Å². The maximum atomic E-state index is 12.2. The van der Waals surface area contributed by atoms with Crippen LogP contribution >= 0.6 is 23.4 Å². The molecule has 1 fully saturated rings. The van der Waals surface area contributed by atoms with E-state index in [9.17, 15) is 9.59 Å². The van der Waals surface area contributed by atoms with E-state index in [1.54, 1.807) is 13.0 Å². The van der Waals surface area contributed by atoms with E-state index < -0.39 is 12.0 Å². The van der Waals surface area contributed by atoms with Crippen LogP contribution in [0.25, 0.3) is 0 Å². The molecule has 2 rings (SSSR count). The number of aliphatic carboxylic acids is 1. The number of carbonyl (C=O) groups excluding carboxylic acids is 1. The van der Waals surface area contributed by atoms with Crippen molar-refractivity contribution in [2.24, 2.45) is 0 Å². The van der Waals surface area contributed by atoms with E-state index in [2.05, 4.69) is 4.98 Å². The Morgan fingerprint density at radius 1 is 1.56 bits per heavy atom. The Hall–Kier alpha value is -1.27. The molecule has 1 aromatic heterocycles. The number of halogens is 1. The highest BCUT2D eigenvalue weighted by molar-refractivity contribution is 7.99. The number of rotatable bonds is 2. The van der Waals surface area contributed by atoms with E-state index in [0.717, 1.165) is 0 Å². The van der Waals surface area contributed by atoms with Gasteiger partial charge >= 0.3 is 5.97 Å². The van der Waals surface area contributed by atoms with Crippen LogP contribution in [-0.2, 0) is 4.79 Å². The molecule has 1 atom stereocenters. The average Bonchev–Trinajstić information content (AvgIpc) is 2.75. The van der Waals surface area contributed by atoms with Crippen molar-refractivity contribution in [3.05, 3.63) is 28.5 Å². The van der Waals surface area contributed by atoms with Crippen molar-refractivity contribution in [1.29, 1.82) is 0 Å². The van der Waals surface area contributed by atoms with Crippen LogP contribution in [0.4, 0.5) is 0 Å². The summed E-state index contributed by atoms with van der Waals surface area (Å²) in [6.45, 7) is 1.73. The molecule has 96 valence electrons. The zero-order valence-corrected chi connectivity index (χ0v) is 11.2. The molecule has 0 radical (unpaired) electrons. The van der Waals surface area contributed by atoms with Crippen LogP contribution in [0.2, 0.25) is 5.15 Å². The van der Waals surface area contributed by atoms with Crippen molar-refractivity contribution in [3.8, 4) is 0 Å². The molecular formula is C11H11ClN2O3S. The van der Waals surface area contributed by atoms with Crippen molar-refractivity contribution in [3.63, 3.8) is 0 Å². The summed E-state index contributed by atoms with van der Waals surface area (Å²) < 4.78 is 0. The van der Waals surface area contributed by atoms with Crippen molar-refractivity contribution in [1.82, 2.24) is 9.88 Å². The summed E-state index contributed by atoms with van der Waals surface area (Å²) >= 11 is 7.22. The van der Waals surface area contributed by atoms with Crippen LogP contribution in [-0.4, -0.2) is 44.5 Å². The molecule has 0 spiro atoms. The van der Waals surface area contributed by atoms with Gasteiger partial charge in [-0.1, -0.05) is 11.6 Å². The monoisotopic (exact) mass is 286 g/mol.